The average molecular weight is 446 g/mol. The molecule has 0 atom stereocenters. The Balaban J connectivity index is 1.34. The van der Waals surface area contributed by atoms with Gasteiger partial charge >= 0.3 is 0 Å². The number of anilines is 1. The Hall–Kier alpha value is -1.06. The van der Waals surface area contributed by atoms with E-state index in [0.717, 1.165) is 42.4 Å². The highest BCUT2D eigenvalue weighted by Gasteiger charge is 2.21. The Morgan fingerprint density at radius 1 is 1.30 bits per heavy atom. The second kappa shape index (κ2) is 9.93. The van der Waals surface area contributed by atoms with Crippen LogP contribution >= 0.6 is 46.3 Å². The number of nitrogens with zero attached hydrogens (tertiary/aromatic N) is 3. The van der Waals surface area contributed by atoms with Crippen molar-refractivity contribution in [3.63, 3.8) is 0 Å². The van der Waals surface area contributed by atoms with Crippen LogP contribution in [-0.4, -0.2) is 45.9 Å². The van der Waals surface area contributed by atoms with Crippen molar-refractivity contribution < 1.29 is 4.79 Å². The van der Waals surface area contributed by atoms with Gasteiger partial charge in [-0.05, 0) is 30.5 Å². The summed E-state index contributed by atoms with van der Waals surface area (Å²) >= 11 is 14.9. The molecule has 1 aromatic heterocycles. The first-order valence-electron chi connectivity index (χ1n) is 8.67. The van der Waals surface area contributed by atoms with Gasteiger partial charge in [0.1, 0.15) is 0 Å². The number of hydrogen-bond donors (Lipinski definition) is 2. The number of amides is 1. The molecule has 6 nitrogen and oxygen atoms in total. The number of hydrogen-bond acceptors (Lipinski definition) is 7. The number of benzene rings is 1. The largest absolute Gasteiger partial charge is 0.374 e. The Bertz CT molecular complexity index is 780. The van der Waals surface area contributed by atoms with Crippen LogP contribution in [0, 0.1) is 0 Å². The van der Waals surface area contributed by atoms with E-state index in [2.05, 4.69) is 20.4 Å². The number of carbonyl (C=O) groups is 1. The molecule has 1 saturated heterocycles. The second-order valence-electron chi connectivity index (χ2n) is 6.37. The van der Waals surface area contributed by atoms with E-state index in [0.29, 0.717) is 27.4 Å². The lowest BCUT2D eigenvalue weighted by Crippen LogP contribution is -2.44. The molecule has 0 radical (unpaired) electrons. The van der Waals surface area contributed by atoms with Gasteiger partial charge in [-0.3, -0.25) is 9.69 Å². The summed E-state index contributed by atoms with van der Waals surface area (Å²) in [6.45, 7) is 2.74. The van der Waals surface area contributed by atoms with Gasteiger partial charge in [0, 0.05) is 37.8 Å². The van der Waals surface area contributed by atoms with Crippen molar-refractivity contribution in [1.29, 1.82) is 0 Å². The van der Waals surface area contributed by atoms with Gasteiger partial charge in [-0.2, -0.15) is 0 Å². The molecule has 27 heavy (non-hydrogen) atoms. The molecule has 1 fully saturated rings. The zero-order valence-corrected chi connectivity index (χ0v) is 17.8. The SMILES string of the molecule is Nc1nnc(SCCC(=O)NC2CCN(Cc3ccc(Cl)c(Cl)c3)CC2)s1. The normalized spacial score (nSPS) is 15.8. The van der Waals surface area contributed by atoms with Gasteiger partial charge in [0.2, 0.25) is 11.0 Å². The molecule has 1 aliphatic rings. The number of halogens is 2. The Morgan fingerprint density at radius 2 is 2.07 bits per heavy atom. The van der Waals surface area contributed by atoms with Gasteiger partial charge < -0.3 is 11.1 Å². The van der Waals surface area contributed by atoms with E-state index < -0.39 is 0 Å². The second-order valence-corrected chi connectivity index (χ2v) is 9.54. The third-order valence-electron chi connectivity index (χ3n) is 4.32. The minimum absolute atomic E-state index is 0.0860. The Kier molecular flexibility index (Phi) is 7.60. The van der Waals surface area contributed by atoms with Gasteiger partial charge in [0.05, 0.1) is 10.0 Å². The third-order valence-corrected chi connectivity index (χ3v) is 6.95. The average Bonchev–Trinajstić information content (AvgIpc) is 3.05. The number of piperidine rings is 1. The van der Waals surface area contributed by atoms with E-state index in [1.54, 1.807) is 0 Å². The number of nitrogen functional groups attached to an aromatic ring is 1. The molecular weight excluding hydrogens is 425 g/mol. The molecule has 0 unspecified atom stereocenters. The van der Waals surface area contributed by atoms with Crippen LogP contribution < -0.4 is 11.1 Å². The molecule has 2 aromatic rings. The van der Waals surface area contributed by atoms with Crippen molar-refractivity contribution in [2.24, 2.45) is 0 Å². The lowest BCUT2D eigenvalue weighted by molar-refractivity contribution is -0.121. The molecule has 3 N–H and O–H groups in total. The fourth-order valence-electron chi connectivity index (χ4n) is 2.94. The smallest absolute Gasteiger partial charge is 0.221 e. The molecule has 1 aliphatic heterocycles. The molecule has 0 bridgehead atoms. The third kappa shape index (κ3) is 6.50. The number of aromatic nitrogens is 2. The maximum Gasteiger partial charge on any atom is 0.221 e. The van der Waals surface area contributed by atoms with Gasteiger partial charge in [-0.1, -0.05) is 52.4 Å². The molecule has 3 rings (SSSR count). The highest BCUT2D eigenvalue weighted by atomic mass is 35.5. The first-order chi connectivity index (χ1) is 13.0. The van der Waals surface area contributed by atoms with Crippen LogP contribution in [-0.2, 0) is 11.3 Å². The number of thioether (sulfide) groups is 1. The van der Waals surface area contributed by atoms with Crippen molar-refractivity contribution in [3.8, 4) is 0 Å². The molecule has 1 aromatic carbocycles. The van der Waals surface area contributed by atoms with Gasteiger partial charge in [0.25, 0.3) is 0 Å². The van der Waals surface area contributed by atoms with E-state index in [-0.39, 0.29) is 11.9 Å². The first-order valence-corrected chi connectivity index (χ1v) is 11.2. The van der Waals surface area contributed by atoms with Crippen LogP contribution in [0.1, 0.15) is 24.8 Å². The highest BCUT2D eigenvalue weighted by molar-refractivity contribution is 8.01. The molecule has 0 saturated carbocycles. The molecule has 10 heteroatoms. The molecule has 1 amide bonds. The van der Waals surface area contributed by atoms with Crippen LogP contribution in [0.25, 0.3) is 0 Å². The van der Waals surface area contributed by atoms with Crippen molar-refractivity contribution in [2.75, 3.05) is 24.6 Å². The minimum atomic E-state index is 0.0860. The standard InChI is InChI=1S/C17H21Cl2N5OS2/c18-13-2-1-11(9-14(13)19)10-24-6-3-12(4-7-24)21-15(25)5-8-26-17-23-22-16(20)27-17/h1-2,9,12H,3-8,10H2,(H2,20,22)(H,21,25). The van der Waals surface area contributed by atoms with E-state index in [1.165, 1.54) is 23.1 Å². The zero-order valence-electron chi connectivity index (χ0n) is 14.7. The highest BCUT2D eigenvalue weighted by Crippen LogP contribution is 2.25. The minimum Gasteiger partial charge on any atom is -0.374 e. The summed E-state index contributed by atoms with van der Waals surface area (Å²) in [6, 6.07) is 6.00. The van der Waals surface area contributed by atoms with Gasteiger partial charge in [-0.15, -0.1) is 10.2 Å². The topological polar surface area (TPSA) is 84.1 Å². The van der Waals surface area contributed by atoms with Crippen molar-refractivity contribution in [1.82, 2.24) is 20.4 Å². The lowest BCUT2D eigenvalue weighted by Gasteiger charge is -2.32. The summed E-state index contributed by atoms with van der Waals surface area (Å²) in [5.41, 5.74) is 6.70. The number of nitrogens with one attached hydrogen (secondary N) is 1. The predicted molar refractivity (Wildman–Crippen MR) is 113 cm³/mol. The van der Waals surface area contributed by atoms with Crippen LogP contribution in [0.4, 0.5) is 5.13 Å². The summed E-state index contributed by atoms with van der Waals surface area (Å²) in [6.07, 6.45) is 2.37. The fraction of sp³-hybridized carbons (Fsp3) is 0.471. The van der Waals surface area contributed by atoms with Crippen LogP contribution in [0.2, 0.25) is 10.0 Å². The summed E-state index contributed by atoms with van der Waals surface area (Å²) < 4.78 is 0.802. The van der Waals surface area contributed by atoms with E-state index in [1.807, 2.05) is 18.2 Å². The summed E-state index contributed by atoms with van der Waals surface area (Å²) in [4.78, 5) is 14.5. The number of carbonyl (C=O) groups excluding carboxylic acids is 1. The number of rotatable bonds is 7. The van der Waals surface area contributed by atoms with Crippen LogP contribution in [0.15, 0.2) is 22.5 Å². The van der Waals surface area contributed by atoms with Crippen molar-refractivity contribution in [2.45, 2.75) is 36.2 Å². The van der Waals surface area contributed by atoms with Crippen LogP contribution in [0.5, 0.6) is 0 Å². The fourth-order valence-corrected chi connectivity index (χ4v) is 4.91. The molecular formula is C17H21Cl2N5OS2. The van der Waals surface area contributed by atoms with E-state index >= 15 is 0 Å². The molecule has 2 heterocycles. The maximum atomic E-state index is 12.1. The molecule has 0 aliphatic carbocycles. The zero-order chi connectivity index (χ0) is 19.2. The molecule has 0 spiro atoms. The van der Waals surface area contributed by atoms with Gasteiger partial charge in [-0.25, -0.2) is 0 Å². The molecule has 146 valence electrons. The monoisotopic (exact) mass is 445 g/mol. The quantitative estimate of drug-likeness (QED) is 0.632. The van der Waals surface area contributed by atoms with Crippen molar-refractivity contribution in [3.05, 3.63) is 33.8 Å². The van der Waals surface area contributed by atoms with E-state index in [9.17, 15) is 4.79 Å². The Morgan fingerprint density at radius 3 is 2.74 bits per heavy atom. The van der Waals surface area contributed by atoms with Crippen LogP contribution in [0.3, 0.4) is 0 Å². The summed E-state index contributed by atoms with van der Waals surface area (Å²) in [7, 11) is 0. The summed E-state index contributed by atoms with van der Waals surface area (Å²) in [5.74, 6) is 0.763. The Labute approximate surface area is 176 Å². The van der Waals surface area contributed by atoms with Gasteiger partial charge in [0.15, 0.2) is 4.34 Å². The van der Waals surface area contributed by atoms with Crippen molar-refractivity contribution >= 4 is 57.3 Å². The number of likely N-dealkylation sites (tertiary alicyclic amines) is 1. The maximum absolute atomic E-state index is 12.1. The lowest BCUT2D eigenvalue weighted by atomic mass is 10.0. The van der Waals surface area contributed by atoms with E-state index in [4.69, 9.17) is 28.9 Å². The number of nitrogens with two attached hydrogens (primary N) is 1. The summed E-state index contributed by atoms with van der Waals surface area (Å²) in [5, 5.41) is 12.5. The first kappa shape index (κ1) is 20.7. The predicted octanol–water partition coefficient (Wildman–Crippen LogP) is 3.69.